The summed E-state index contributed by atoms with van der Waals surface area (Å²) >= 11 is 7.81. The zero-order chi connectivity index (χ0) is 21.7. The van der Waals surface area contributed by atoms with Crippen LogP contribution in [0.1, 0.15) is 16.2 Å². The van der Waals surface area contributed by atoms with Gasteiger partial charge in [0, 0.05) is 47.5 Å². The van der Waals surface area contributed by atoms with E-state index < -0.39 is 5.60 Å². The zero-order valence-electron chi connectivity index (χ0n) is 17.8. The number of thiophene rings is 1. The Balaban J connectivity index is 1.47. The second kappa shape index (κ2) is 10.3. The van der Waals surface area contributed by atoms with Crippen LogP contribution in [0.4, 0.5) is 0 Å². The van der Waals surface area contributed by atoms with Crippen LogP contribution >= 0.6 is 22.9 Å². The van der Waals surface area contributed by atoms with E-state index in [2.05, 4.69) is 24.0 Å². The van der Waals surface area contributed by atoms with Crippen molar-refractivity contribution in [2.45, 2.75) is 25.5 Å². The van der Waals surface area contributed by atoms with Crippen molar-refractivity contribution in [2.75, 3.05) is 52.6 Å². The molecule has 4 rings (SSSR count). The highest BCUT2D eigenvalue weighted by Crippen LogP contribution is 2.28. The first-order valence-corrected chi connectivity index (χ1v) is 11.9. The van der Waals surface area contributed by atoms with Crippen molar-refractivity contribution in [3.05, 3.63) is 51.2 Å². The molecule has 2 fully saturated rings. The number of hydrogen-bond acceptors (Lipinski definition) is 6. The van der Waals surface area contributed by atoms with Gasteiger partial charge in [-0.1, -0.05) is 11.6 Å². The minimum Gasteiger partial charge on any atom is -0.491 e. The molecule has 8 heteroatoms. The second-order valence-electron chi connectivity index (χ2n) is 8.17. The molecular formula is C23H29ClN2O4S. The molecular weight excluding hydrogens is 436 g/mol. The highest BCUT2D eigenvalue weighted by molar-refractivity contribution is 7.11. The number of ether oxygens (including phenoxy) is 3. The van der Waals surface area contributed by atoms with E-state index in [0.29, 0.717) is 57.5 Å². The van der Waals surface area contributed by atoms with Crippen LogP contribution in [0.3, 0.4) is 0 Å². The second-order valence-corrected chi connectivity index (χ2v) is 9.98. The van der Waals surface area contributed by atoms with Crippen molar-refractivity contribution in [1.82, 2.24) is 9.80 Å². The van der Waals surface area contributed by atoms with Crippen LogP contribution in [-0.4, -0.2) is 73.9 Å². The summed E-state index contributed by atoms with van der Waals surface area (Å²) in [6.07, 6.45) is 0.292. The number of morpholine rings is 2. The number of carbonyl (C=O) groups is 1. The van der Waals surface area contributed by atoms with Crippen molar-refractivity contribution in [2.24, 2.45) is 0 Å². The molecule has 1 atom stereocenters. The lowest BCUT2D eigenvalue weighted by atomic mass is 9.96. The average Bonchev–Trinajstić information content (AvgIpc) is 3.18. The van der Waals surface area contributed by atoms with Crippen LogP contribution in [-0.2, 0) is 20.8 Å². The van der Waals surface area contributed by atoms with Crippen molar-refractivity contribution in [1.29, 1.82) is 0 Å². The predicted molar refractivity (Wildman–Crippen MR) is 122 cm³/mol. The van der Waals surface area contributed by atoms with Gasteiger partial charge in [-0.3, -0.25) is 9.69 Å². The normalized spacial score (nSPS) is 22.5. The highest BCUT2D eigenvalue weighted by atomic mass is 35.5. The summed E-state index contributed by atoms with van der Waals surface area (Å²) in [5.74, 6) is 0.814. The molecule has 3 heterocycles. The first-order valence-electron chi connectivity index (χ1n) is 10.7. The topological polar surface area (TPSA) is 51.2 Å². The molecule has 6 nitrogen and oxygen atoms in total. The van der Waals surface area contributed by atoms with Gasteiger partial charge in [-0.15, -0.1) is 11.3 Å². The summed E-state index contributed by atoms with van der Waals surface area (Å²) in [6.45, 7) is 7.79. The van der Waals surface area contributed by atoms with E-state index in [1.165, 1.54) is 9.75 Å². The van der Waals surface area contributed by atoms with Gasteiger partial charge in [-0.2, -0.15) is 0 Å². The first-order chi connectivity index (χ1) is 15.0. The molecule has 31 heavy (non-hydrogen) atoms. The van der Waals surface area contributed by atoms with Crippen molar-refractivity contribution >= 4 is 28.8 Å². The van der Waals surface area contributed by atoms with Gasteiger partial charge in [0.05, 0.1) is 26.2 Å². The van der Waals surface area contributed by atoms with E-state index in [4.69, 9.17) is 25.8 Å². The lowest BCUT2D eigenvalue weighted by molar-refractivity contribution is -0.159. The molecule has 2 aliphatic rings. The Morgan fingerprint density at radius 2 is 1.90 bits per heavy atom. The van der Waals surface area contributed by atoms with Gasteiger partial charge in [-0.05, 0) is 43.3 Å². The number of rotatable bonds is 7. The molecule has 2 saturated heterocycles. The fourth-order valence-corrected chi connectivity index (χ4v) is 5.10. The SMILES string of the molecule is Cc1ccc(CN2CCOC(COc3ccc(Cl)cc3)(CC(=O)N3CCOCC3)C2)s1. The summed E-state index contributed by atoms with van der Waals surface area (Å²) in [7, 11) is 0. The number of amides is 1. The summed E-state index contributed by atoms with van der Waals surface area (Å²) in [5, 5.41) is 0.663. The molecule has 2 aliphatic heterocycles. The Hall–Kier alpha value is -1.64. The predicted octanol–water partition coefficient (Wildman–Crippen LogP) is 3.61. The van der Waals surface area contributed by atoms with E-state index in [-0.39, 0.29) is 5.91 Å². The Kier molecular flexibility index (Phi) is 7.51. The Morgan fingerprint density at radius 3 is 2.61 bits per heavy atom. The van der Waals surface area contributed by atoms with Crippen LogP contribution in [0.15, 0.2) is 36.4 Å². The van der Waals surface area contributed by atoms with Gasteiger partial charge >= 0.3 is 0 Å². The minimum absolute atomic E-state index is 0.0943. The maximum atomic E-state index is 13.1. The molecule has 0 saturated carbocycles. The fraction of sp³-hybridized carbons (Fsp3) is 0.522. The van der Waals surface area contributed by atoms with Crippen molar-refractivity contribution in [3.63, 3.8) is 0 Å². The third kappa shape index (κ3) is 6.20. The lowest BCUT2D eigenvalue weighted by Gasteiger charge is -2.43. The number of benzene rings is 1. The van der Waals surface area contributed by atoms with Crippen LogP contribution < -0.4 is 4.74 Å². The summed E-state index contributed by atoms with van der Waals surface area (Å²) in [6, 6.07) is 11.6. The molecule has 2 aromatic rings. The number of hydrogen-bond donors (Lipinski definition) is 0. The van der Waals surface area contributed by atoms with Gasteiger partial charge in [0.15, 0.2) is 0 Å². The van der Waals surface area contributed by atoms with E-state index in [9.17, 15) is 4.79 Å². The molecule has 0 spiro atoms. The standard InChI is InChI=1S/C23H29ClN2O4S/c1-18-2-7-21(31-18)15-25-8-13-30-23(16-25,14-22(27)26-9-11-28-12-10-26)17-29-20-5-3-19(24)4-6-20/h2-7H,8-17H2,1H3. The Labute approximate surface area is 192 Å². The lowest BCUT2D eigenvalue weighted by Crippen LogP contribution is -2.57. The third-order valence-corrected chi connectivity index (χ3v) is 6.89. The molecule has 1 aromatic carbocycles. The maximum absolute atomic E-state index is 13.1. The largest absolute Gasteiger partial charge is 0.491 e. The highest BCUT2D eigenvalue weighted by Gasteiger charge is 2.41. The molecule has 1 unspecified atom stereocenters. The molecule has 1 aromatic heterocycles. The maximum Gasteiger partial charge on any atom is 0.225 e. The Bertz CT molecular complexity index is 869. The van der Waals surface area contributed by atoms with Gasteiger partial charge in [-0.25, -0.2) is 0 Å². The number of halogens is 1. The quantitative estimate of drug-likeness (QED) is 0.626. The molecule has 1 amide bonds. The van der Waals surface area contributed by atoms with E-state index in [1.807, 2.05) is 28.4 Å². The number of carbonyl (C=O) groups excluding carboxylic acids is 1. The van der Waals surface area contributed by atoms with Crippen LogP contribution in [0, 0.1) is 6.92 Å². The van der Waals surface area contributed by atoms with Crippen molar-refractivity contribution in [3.8, 4) is 5.75 Å². The van der Waals surface area contributed by atoms with E-state index in [1.54, 1.807) is 12.1 Å². The third-order valence-electron chi connectivity index (χ3n) is 5.66. The summed E-state index contributed by atoms with van der Waals surface area (Å²) < 4.78 is 17.8. The van der Waals surface area contributed by atoms with Gasteiger partial charge in [0.1, 0.15) is 18.0 Å². The van der Waals surface area contributed by atoms with Gasteiger partial charge in [0.2, 0.25) is 5.91 Å². The molecule has 168 valence electrons. The smallest absolute Gasteiger partial charge is 0.225 e. The summed E-state index contributed by atoms with van der Waals surface area (Å²) in [5.41, 5.74) is -0.695. The fourth-order valence-electron chi connectivity index (χ4n) is 4.04. The van der Waals surface area contributed by atoms with Crippen LogP contribution in [0.5, 0.6) is 5.75 Å². The minimum atomic E-state index is -0.695. The average molecular weight is 465 g/mol. The molecule has 0 radical (unpaired) electrons. The monoisotopic (exact) mass is 464 g/mol. The number of nitrogens with zero attached hydrogens (tertiary/aromatic N) is 2. The first kappa shape index (κ1) is 22.6. The molecule has 0 N–H and O–H groups in total. The Morgan fingerprint density at radius 1 is 1.13 bits per heavy atom. The zero-order valence-corrected chi connectivity index (χ0v) is 19.4. The van der Waals surface area contributed by atoms with E-state index >= 15 is 0 Å². The van der Waals surface area contributed by atoms with E-state index in [0.717, 1.165) is 18.8 Å². The van der Waals surface area contributed by atoms with Crippen LogP contribution in [0.2, 0.25) is 5.02 Å². The summed E-state index contributed by atoms with van der Waals surface area (Å²) in [4.78, 5) is 20.0. The van der Waals surface area contributed by atoms with Gasteiger partial charge < -0.3 is 19.1 Å². The molecule has 0 aliphatic carbocycles. The van der Waals surface area contributed by atoms with Crippen LogP contribution in [0.25, 0.3) is 0 Å². The van der Waals surface area contributed by atoms with Gasteiger partial charge in [0.25, 0.3) is 0 Å². The van der Waals surface area contributed by atoms with Crippen molar-refractivity contribution < 1.29 is 19.0 Å². The molecule has 0 bridgehead atoms. The number of aryl methyl sites for hydroxylation is 1.